The minimum atomic E-state index is 0.618. The fourth-order valence-corrected chi connectivity index (χ4v) is 3.27. The van der Waals surface area contributed by atoms with E-state index in [9.17, 15) is 0 Å². The van der Waals surface area contributed by atoms with Gasteiger partial charge < -0.3 is 19.9 Å². The number of aromatic amines is 1. The third-order valence-electron chi connectivity index (χ3n) is 4.87. The standard InChI is InChI=1S/C21H27N7O/c1-2-3-8-22-21-25-19(13-20(26-21)28-9-11-29-12-10-28)27-24-15-16-14-23-18-7-5-4-6-17(16)18/h4-7,13-15,23H,2-3,8-12H2,1H3,(H2,22,25,26,27). The molecule has 0 aliphatic carbocycles. The molecule has 1 aromatic carbocycles. The second-order valence-corrected chi connectivity index (χ2v) is 6.97. The highest BCUT2D eigenvalue weighted by molar-refractivity contribution is 5.99. The monoisotopic (exact) mass is 393 g/mol. The van der Waals surface area contributed by atoms with Crippen molar-refractivity contribution < 1.29 is 4.74 Å². The van der Waals surface area contributed by atoms with Gasteiger partial charge >= 0.3 is 0 Å². The Morgan fingerprint density at radius 2 is 2.10 bits per heavy atom. The van der Waals surface area contributed by atoms with E-state index in [0.29, 0.717) is 25.0 Å². The van der Waals surface area contributed by atoms with Crippen LogP contribution in [0.15, 0.2) is 41.6 Å². The molecule has 152 valence electrons. The molecule has 0 atom stereocenters. The maximum Gasteiger partial charge on any atom is 0.226 e. The smallest absolute Gasteiger partial charge is 0.226 e. The quantitative estimate of drug-likeness (QED) is 0.308. The predicted molar refractivity (Wildman–Crippen MR) is 118 cm³/mol. The van der Waals surface area contributed by atoms with Crippen LogP contribution in [0.4, 0.5) is 17.6 Å². The SMILES string of the molecule is CCCCNc1nc(NN=Cc2c[nH]c3ccccc23)cc(N2CCOCC2)n1. The average molecular weight is 393 g/mol. The highest BCUT2D eigenvalue weighted by Gasteiger charge is 2.15. The van der Waals surface area contributed by atoms with Gasteiger partial charge in [0.15, 0.2) is 5.82 Å². The zero-order chi connectivity index (χ0) is 19.9. The number of unbranched alkanes of at least 4 members (excludes halogenated alkanes) is 1. The van der Waals surface area contributed by atoms with Gasteiger partial charge in [0.25, 0.3) is 0 Å². The third kappa shape index (κ3) is 4.83. The molecule has 0 unspecified atom stereocenters. The molecule has 0 radical (unpaired) electrons. The first kappa shape index (κ1) is 19.2. The van der Waals surface area contributed by atoms with Gasteiger partial charge in [-0.05, 0) is 12.5 Å². The summed E-state index contributed by atoms with van der Waals surface area (Å²) in [6.45, 7) is 6.08. The number of nitrogens with zero attached hydrogens (tertiary/aromatic N) is 4. The van der Waals surface area contributed by atoms with Crippen LogP contribution in [0.3, 0.4) is 0 Å². The molecule has 29 heavy (non-hydrogen) atoms. The van der Waals surface area contributed by atoms with Crippen molar-refractivity contribution in [2.45, 2.75) is 19.8 Å². The van der Waals surface area contributed by atoms with Crippen molar-refractivity contribution in [3.05, 3.63) is 42.1 Å². The summed E-state index contributed by atoms with van der Waals surface area (Å²) in [5, 5.41) is 8.85. The van der Waals surface area contributed by atoms with Gasteiger partial charge in [-0.1, -0.05) is 31.5 Å². The lowest BCUT2D eigenvalue weighted by Crippen LogP contribution is -2.37. The number of morpholine rings is 1. The van der Waals surface area contributed by atoms with Crippen molar-refractivity contribution in [1.82, 2.24) is 15.0 Å². The Hall–Kier alpha value is -3.13. The molecule has 1 fully saturated rings. The lowest BCUT2D eigenvalue weighted by atomic mass is 10.2. The highest BCUT2D eigenvalue weighted by Crippen LogP contribution is 2.20. The van der Waals surface area contributed by atoms with E-state index in [-0.39, 0.29) is 0 Å². The molecule has 0 saturated carbocycles. The first-order valence-corrected chi connectivity index (χ1v) is 10.1. The van der Waals surface area contributed by atoms with Gasteiger partial charge in [0.1, 0.15) is 5.82 Å². The molecule has 1 aliphatic heterocycles. The average Bonchev–Trinajstić information content (AvgIpc) is 3.18. The van der Waals surface area contributed by atoms with E-state index in [2.05, 4.69) is 48.7 Å². The molecule has 2 aromatic heterocycles. The normalized spacial score (nSPS) is 14.6. The van der Waals surface area contributed by atoms with E-state index in [1.165, 1.54) is 0 Å². The molecule has 1 saturated heterocycles. The fraction of sp³-hybridized carbons (Fsp3) is 0.381. The van der Waals surface area contributed by atoms with E-state index >= 15 is 0 Å². The Balaban J connectivity index is 1.52. The molecular weight excluding hydrogens is 366 g/mol. The van der Waals surface area contributed by atoms with Crippen LogP contribution in [0, 0.1) is 0 Å². The van der Waals surface area contributed by atoms with E-state index in [4.69, 9.17) is 4.74 Å². The van der Waals surface area contributed by atoms with Gasteiger partial charge in [0.2, 0.25) is 5.95 Å². The lowest BCUT2D eigenvalue weighted by Gasteiger charge is -2.28. The second-order valence-electron chi connectivity index (χ2n) is 6.97. The van der Waals surface area contributed by atoms with Crippen molar-refractivity contribution in [3.63, 3.8) is 0 Å². The van der Waals surface area contributed by atoms with Gasteiger partial charge in [0, 0.05) is 48.4 Å². The number of fused-ring (bicyclic) bond motifs is 1. The number of nitrogens with one attached hydrogen (secondary N) is 3. The third-order valence-corrected chi connectivity index (χ3v) is 4.87. The topological polar surface area (TPSA) is 90.5 Å². The number of ether oxygens (including phenoxy) is 1. The molecule has 4 rings (SSSR count). The molecule has 1 aliphatic rings. The summed E-state index contributed by atoms with van der Waals surface area (Å²) in [6.07, 6.45) is 5.95. The van der Waals surface area contributed by atoms with Gasteiger partial charge in [-0.3, -0.25) is 5.43 Å². The molecule has 0 amide bonds. The Labute approximate surface area is 170 Å². The van der Waals surface area contributed by atoms with Crippen molar-refractivity contribution in [3.8, 4) is 0 Å². The van der Waals surface area contributed by atoms with E-state index in [1.807, 2.05) is 30.5 Å². The fourth-order valence-electron chi connectivity index (χ4n) is 3.27. The Bertz CT molecular complexity index is 963. The number of H-pyrrole nitrogens is 1. The zero-order valence-electron chi connectivity index (χ0n) is 16.7. The van der Waals surface area contributed by atoms with E-state index in [0.717, 1.165) is 54.8 Å². The number of hydrogen-bond donors (Lipinski definition) is 3. The second kappa shape index (κ2) is 9.38. The first-order chi connectivity index (χ1) is 14.3. The summed E-state index contributed by atoms with van der Waals surface area (Å²) in [7, 11) is 0. The number of hydrogen-bond acceptors (Lipinski definition) is 7. The molecular formula is C21H27N7O. The number of anilines is 3. The van der Waals surface area contributed by atoms with Crippen molar-refractivity contribution in [2.24, 2.45) is 5.10 Å². The van der Waals surface area contributed by atoms with Crippen molar-refractivity contribution in [2.75, 3.05) is 48.5 Å². The summed E-state index contributed by atoms with van der Waals surface area (Å²) in [5.74, 6) is 2.16. The molecule has 8 nitrogen and oxygen atoms in total. The maximum absolute atomic E-state index is 5.46. The molecule has 3 N–H and O–H groups in total. The van der Waals surface area contributed by atoms with Crippen LogP contribution < -0.4 is 15.6 Å². The molecule has 3 heterocycles. The van der Waals surface area contributed by atoms with Gasteiger partial charge in [0.05, 0.1) is 19.4 Å². The summed E-state index contributed by atoms with van der Waals surface area (Å²) >= 11 is 0. The van der Waals surface area contributed by atoms with Crippen LogP contribution >= 0.6 is 0 Å². The summed E-state index contributed by atoms with van der Waals surface area (Å²) in [4.78, 5) is 14.7. The largest absolute Gasteiger partial charge is 0.378 e. The van der Waals surface area contributed by atoms with E-state index in [1.54, 1.807) is 6.21 Å². The molecule has 0 bridgehead atoms. The summed E-state index contributed by atoms with van der Waals surface area (Å²) < 4.78 is 5.46. The van der Waals surface area contributed by atoms with Crippen molar-refractivity contribution >= 4 is 34.7 Å². The Morgan fingerprint density at radius 1 is 1.24 bits per heavy atom. The van der Waals surface area contributed by atoms with E-state index < -0.39 is 0 Å². The van der Waals surface area contributed by atoms with Crippen LogP contribution in [0.2, 0.25) is 0 Å². The summed E-state index contributed by atoms with van der Waals surface area (Å²) in [6, 6.07) is 10.1. The van der Waals surface area contributed by atoms with Crippen LogP contribution in [0.5, 0.6) is 0 Å². The maximum atomic E-state index is 5.46. The Morgan fingerprint density at radius 3 is 2.97 bits per heavy atom. The Kier molecular flexibility index (Phi) is 6.21. The molecule has 3 aromatic rings. The summed E-state index contributed by atoms with van der Waals surface area (Å²) in [5.41, 5.74) is 5.18. The minimum absolute atomic E-state index is 0.618. The minimum Gasteiger partial charge on any atom is -0.378 e. The molecule has 0 spiro atoms. The zero-order valence-corrected chi connectivity index (χ0v) is 16.7. The van der Waals surface area contributed by atoms with Crippen LogP contribution in [0.1, 0.15) is 25.3 Å². The molecule has 8 heteroatoms. The highest BCUT2D eigenvalue weighted by atomic mass is 16.5. The van der Waals surface area contributed by atoms with Crippen LogP contribution in [0.25, 0.3) is 10.9 Å². The number of benzene rings is 1. The van der Waals surface area contributed by atoms with Gasteiger partial charge in [-0.15, -0.1) is 0 Å². The van der Waals surface area contributed by atoms with Gasteiger partial charge in [-0.2, -0.15) is 15.1 Å². The predicted octanol–water partition coefficient (Wildman–Crippen LogP) is 3.45. The van der Waals surface area contributed by atoms with Crippen LogP contribution in [-0.2, 0) is 4.74 Å². The first-order valence-electron chi connectivity index (χ1n) is 10.1. The number of para-hydroxylation sites is 1. The lowest BCUT2D eigenvalue weighted by molar-refractivity contribution is 0.122. The van der Waals surface area contributed by atoms with Crippen LogP contribution in [-0.4, -0.2) is 54.0 Å². The number of hydrazone groups is 1. The number of rotatable bonds is 8. The number of aromatic nitrogens is 3. The van der Waals surface area contributed by atoms with Crippen molar-refractivity contribution in [1.29, 1.82) is 0 Å². The van der Waals surface area contributed by atoms with Gasteiger partial charge in [-0.25, -0.2) is 0 Å².